The number of carbonyl (C=O) groups is 3. The van der Waals surface area contributed by atoms with Crippen LogP contribution in [0.5, 0.6) is 0 Å². The van der Waals surface area contributed by atoms with E-state index in [2.05, 4.69) is 0 Å². The van der Waals surface area contributed by atoms with Gasteiger partial charge in [0.15, 0.2) is 11.7 Å². The zero-order valence-electron chi connectivity index (χ0n) is 20.4. The molecule has 1 saturated heterocycles. The van der Waals surface area contributed by atoms with Crippen molar-refractivity contribution in [1.82, 2.24) is 0 Å². The van der Waals surface area contributed by atoms with Crippen LogP contribution in [0.15, 0.2) is 34.3 Å². The summed E-state index contributed by atoms with van der Waals surface area (Å²) in [6, 6.07) is 0. The van der Waals surface area contributed by atoms with E-state index < -0.39 is 35.2 Å². The first-order valence-corrected chi connectivity index (χ1v) is 11.3. The quantitative estimate of drug-likeness (QED) is 0.386. The van der Waals surface area contributed by atoms with Crippen LogP contribution in [0.2, 0.25) is 0 Å². The Bertz CT molecular complexity index is 955. The van der Waals surface area contributed by atoms with Gasteiger partial charge in [0.25, 0.3) is 0 Å². The summed E-state index contributed by atoms with van der Waals surface area (Å²) < 4.78 is 22.4. The van der Waals surface area contributed by atoms with Crippen molar-refractivity contribution in [1.29, 1.82) is 0 Å². The second-order valence-corrected chi connectivity index (χ2v) is 9.76. The smallest absolute Gasteiger partial charge is 0.374 e. The van der Waals surface area contributed by atoms with Gasteiger partial charge in [0.05, 0.1) is 13.5 Å². The number of hydrogen-bond acceptors (Lipinski definition) is 8. The number of allylic oxidation sites excluding steroid dienone is 2. The Kier molecular flexibility index (Phi) is 6.80. The molecule has 182 valence electrons. The first-order chi connectivity index (χ1) is 15.3. The van der Waals surface area contributed by atoms with E-state index in [0.29, 0.717) is 30.4 Å². The molecular weight excluding hydrogens is 428 g/mol. The van der Waals surface area contributed by atoms with Crippen molar-refractivity contribution in [3.8, 4) is 0 Å². The lowest BCUT2D eigenvalue weighted by Gasteiger charge is -2.43. The molecule has 4 unspecified atom stereocenters. The summed E-state index contributed by atoms with van der Waals surface area (Å²) in [6.07, 6.45) is 1.80. The van der Waals surface area contributed by atoms with E-state index in [1.54, 1.807) is 13.8 Å². The van der Waals surface area contributed by atoms with Crippen molar-refractivity contribution >= 4 is 17.9 Å². The molecule has 1 N–H and O–H groups in total. The standard InChI is InChI=1S/C25H34O8/c1-13(2)19-17-9-8-14(3)21(31-16(5)26)25(29)12-18(27)32-22(25)15(4)10-11-24(17,6)33-23(28)20(19)30-7/h8,13,17,21,29H,9-12H2,1-7H3/b14-8-,22-15-. The lowest BCUT2D eigenvalue weighted by Crippen LogP contribution is -2.46. The van der Waals surface area contributed by atoms with E-state index in [1.165, 1.54) is 14.0 Å². The van der Waals surface area contributed by atoms with Gasteiger partial charge in [-0.3, -0.25) is 9.59 Å². The third-order valence-electron chi connectivity index (χ3n) is 6.93. The molecule has 1 aliphatic carbocycles. The zero-order chi connectivity index (χ0) is 24.7. The van der Waals surface area contributed by atoms with Crippen LogP contribution in [-0.4, -0.2) is 47.4 Å². The summed E-state index contributed by atoms with van der Waals surface area (Å²) in [7, 11) is 1.46. The van der Waals surface area contributed by atoms with Crippen molar-refractivity contribution in [2.45, 2.75) is 84.5 Å². The second kappa shape index (κ2) is 8.97. The van der Waals surface area contributed by atoms with Crippen LogP contribution in [-0.2, 0) is 33.3 Å². The van der Waals surface area contributed by atoms with E-state index in [0.717, 1.165) is 5.57 Å². The van der Waals surface area contributed by atoms with Crippen LogP contribution >= 0.6 is 0 Å². The lowest BCUT2D eigenvalue weighted by atomic mass is 9.72. The fraction of sp³-hybridized carbons (Fsp3) is 0.640. The van der Waals surface area contributed by atoms with Gasteiger partial charge in [0, 0.05) is 12.8 Å². The minimum Gasteiger partial charge on any atom is -0.490 e. The maximum absolute atomic E-state index is 12.8. The summed E-state index contributed by atoms with van der Waals surface area (Å²) in [6.45, 7) is 10.7. The average Bonchev–Trinajstić information content (AvgIpc) is 3.02. The molecule has 0 bridgehead atoms. The molecule has 0 aromatic carbocycles. The summed E-state index contributed by atoms with van der Waals surface area (Å²) in [4.78, 5) is 37.0. The Morgan fingerprint density at radius 2 is 1.94 bits per heavy atom. The molecule has 4 atom stereocenters. The fourth-order valence-electron chi connectivity index (χ4n) is 5.30. The number of hydrogen-bond donors (Lipinski definition) is 1. The molecule has 3 aliphatic rings. The van der Waals surface area contributed by atoms with Gasteiger partial charge in [-0.1, -0.05) is 19.9 Å². The van der Waals surface area contributed by atoms with Gasteiger partial charge in [-0.05, 0) is 62.7 Å². The molecule has 0 aromatic rings. The van der Waals surface area contributed by atoms with Gasteiger partial charge in [-0.2, -0.15) is 0 Å². The van der Waals surface area contributed by atoms with Gasteiger partial charge in [0.2, 0.25) is 5.76 Å². The van der Waals surface area contributed by atoms with Crippen molar-refractivity contribution < 1.29 is 38.4 Å². The Morgan fingerprint density at radius 3 is 2.52 bits per heavy atom. The number of esters is 3. The summed E-state index contributed by atoms with van der Waals surface area (Å²) in [5, 5.41) is 11.6. The first-order valence-electron chi connectivity index (χ1n) is 11.3. The predicted octanol–water partition coefficient (Wildman–Crippen LogP) is 3.49. The topological polar surface area (TPSA) is 108 Å². The highest BCUT2D eigenvalue weighted by atomic mass is 16.6. The minimum atomic E-state index is -1.80. The van der Waals surface area contributed by atoms with Crippen molar-refractivity contribution in [3.05, 3.63) is 34.3 Å². The average molecular weight is 463 g/mol. The van der Waals surface area contributed by atoms with E-state index in [9.17, 15) is 19.5 Å². The van der Waals surface area contributed by atoms with Gasteiger partial charge >= 0.3 is 17.9 Å². The Morgan fingerprint density at radius 1 is 1.27 bits per heavy atom. The molecule has 0 radical (unpaired) electrons. The third kappa shape index (κ3) is 4.45. The largest absolute Gasteiger partial charge is 0.490 e. The molecule has 1 fully saturated rings. The van der Waals surface area contributed by atoms with Crippen LogP contribution in [0.1, 0.15) is 67.2 Å². The van der Waals surface area contributed by atoms with Crippen LogP contribution in [0.3, 0.4) is 0 Å². The first kappa shape index (κ1) is 25.0. The SMILES string of the molecule is COC1=C(C(C)C)C2C/C=C(/C)C(OC(C)=O)C3(O)CC(=O)O/C3=C(/C)CCC2(C)OC1=O. The highest BCUT2D eigenvalue weighted by Gasteiger charge is 2.54. The van der Waals surface area contributed by atoms with Crippen LogP contribution < -0.4 is 0 Å². The number of carbonyl (C=O) groups excluding carboxylic acids is 3. The van der Waals surface area contributed by atoms with Gasteiger partial charge < -0.3 is 24.1 Å². The summed E-state index contributed by atoms with van der Waals surface area (Å²) >= 11 is 0. The van der Waals surface area contributed by atoms with Crippen LogP contribution in [0, 0.1) is 11.8 Å². The highest BCUT2D eigenvalue weighted by Crippen LogP contribution is 2.47. The summed E-state index contributed by atoms with van der Waals surface area (Å²) in [5.41, 5.74) is -0.550. The number of rotatable bonds is 3. The number of fused-ring (bicyclic) bond motifs is 2. The number of ether oxygens (including phenoxy) is 4. The molecule has 33 heavy (non-hydrogen) atoms. The summed E-state index contributed by atoms with van der Waals surface area (Å²) in [5.74, 6) is -1.49. The maximum Gasteiger partial charge on any atom is 0.374 e. The third-order valence-corrected chi connectivity index (χ3v) is 6.93. The van der Waals surface area contributed by atoms with Crippen molar-refractivity contribution in [2.75, 3.05) is 7.11 Å². The normalized spacial score (nSPS) is 36.7. The van der Waals surface area contributed by atoms with Crippen LogP contribution in [0.25, 0.3) is 0 Å². The van der Waals surface area contributed by atoms with Gasteiger partial charge in [0.1, 0.15) is 11.4 Å². The van der Waals surface area contributed by atoms with Gasteiger partial charge in [-0.15, -0.1) is 0 Å². The molecule has 0 amide bonds. The number of methoxy groups -OCH3 is 1. The van der Waals surface area contributed by atoms with E-state index in [1.807, 2.05) is 26.8 Å². The molecule has 0 aromatic heterocycles. The molecule has 0 spiro atoms. The van der Waals surface area contributed by atoms with E-state index in [4.69, 9.17) is 18.9 Å². The Balaban J connectivity index is 2.20. The molecule has 2 heterocycles. The van der Waals surface area contributed by atoms with E-state index in [-0.39, 0.29) is 29.8 Å². The van der Waals surface area contributed by atoms with E-state index >= 15 is 0 Å². The van der Waals surface area contributed by atoms with Gasteiger partial charge in [-0.25, -0.2) is 4.79 Å². The zero-order valence-corrected chi connectivity index (χ0v) is 20.4. The molecule has 0 saturated carbocycles. The molecule has 8 heteroatoms. The van der Waals surface area contributed by atoms with Crippen molar-refractivity contribution in [2.24, 2.45) is 11.8 Å². The lowest BCUT2D eigenvalue weighted by molar-refractivity contribution is -0.167. The monoisotopic (exact) mass is 462 g/mol. The van der Waals surface area contributed by atoms with Crippen molar-refractivity contribution in [3.63, 3.8) is 0 Å². The predicted molar refractivity (Wildman–Crippen MR) is 118 cm³/mol. The molecule has 2 aliphatic heterocycles. The maximum atomic E-state index is 12.8. The highest BCUT2D eigenvalue weighted by molar-refractivity contribution is 5.89. The molecule has 8 nitrogen and oxygen atoms in total. The Labute approximate surface area is 194 Å². The molecule has 3 rings (SSSR count). The second-order valence-electron chi connectivity index (χ2n) is 9.76. The Hall–Kier alpha value is -2.61. The van der Waals surface area contributed by atoms with Crippen LogP contribution in [0.4, 0.5) is 0 Å². The minimum absolute atomic E-state index is 0.0317. The fourth-order valence-corrected chi connectivity index (χ4v) is 5.30. The number of aliphatic hydroxyl groups is 1. The molecular formula is C25H34O8.